The Bertz CT molecular complexity index is 591. The van der Waals surface area contributed by atoms with E-state index in [2.05, 4.69) is 27.9 Å². The Morgan fingerprint density at radius 2 is 2.00 bits per heavy atom. The highest BCUT2D eigenvalue weighted by molar-refractivity contribution is 14.1. The van der Waals surface area contributed by atoms with Crippen LogP contribution in [0.2, 0.25) is 0 Å². The number of hydrogen-bond acceptors (Lipinski definition) is 4. The minimum atomic E-state index is -0.426. The molecular weight excluding hydrogens is 399 g/mol. The van der Waals surface area contributed by atoms with E-state index in [-0.39, 0.29) is 11.8 Å². The molecule has 1 heterocycles. The number of benzene rings is 1. The first-order valence-corrected chi connectivity index (χ1v) is 8.11. The molecule has 0 bridgehead atoms. The summed E-state index contributed by atoms with van der Waals surface area (Å²) in [6.07, 6.45) is 0.585. The highest BCUT2D eigenvalue weighted by Crippen LogP contribution is 2.32. The van der Waals surface area contributed by atoms with Gasteiger partial charge in [0.1, 0.15) is 6.04 Å². The van der Waals surface area contributed by atoms with Crippen molar-refractivity contribution in [1.82, 2.24) is 10.2 Å². The average molecular weight is 418 g/mol. The van der Waals surface area contributed by atoms with Gasteiger partial charge in [0.2, 0.25) is 5.91 Å². The van der Waals surface area contributed by atoms with Crippen molar-refractivity contribution < 1.29 is 19.1 Å². The van der Waals surface area contributed by atoms with Crippen LogP contribution in [-0.2, 0) is 4.79 Å². The maximum atomic E-state index is 12.8. The molecule has 1 aliphatic rings. The summed E-state index contributed by atoms with van der Waals surface area (Å²) in [4.78, 5) is 26.4. The monoisotopic (exact) mass is 418 g/mol. The Balaban J connectivity index is 2.38. The predicted octanol–water partition coefficient (Wildman–Crippen LogP) is 1.66. The number of rotatable bonds is 4. The third-order valence-electron chi connectivity index (χ3n) is 3.68. The molecule has 1 saturated heterocycles. The summed E-state index contributed by atoms with van der Waals surface area (Å²) in [6, 6.07) is 3.00. The number of nitrogens with one attached hydrogen (secondary N) is 1. The van der Waals surface area contributed by atoms with Crippen LogP contribution in [0.5, 0.6) is 11.5 Å². The second kappa shape index (κ2) is 7.17. The second-order valence-electron chi connectivity index (χ2n) is 4.90. The lowest BCUT2D eigenvalue weighted by atomic mass is 10.1. The molecule has 1 aromatic carbocycles. The van der Waals surface area contributed by atoms with Crippen LogP contribution in [-0.4, -0.2) is 50.1 Å². The predicted molar refractivity (Wildman–Crippen MR) is 90.4 cm³/mol. The fourth-order valence-corrected chi connectivity index (χ4v) is 3.21. The van der Waals surface area contributed by atoms with E-state index < -0.39 is 6.04 Å². The first-order valence-electron chi connectivity index (χ1n) is 7.03. The minimum Gasteiger partial charge on any atom is -0.493 e. The van der Waals surface area contributed by atoms with Gasteiger partial charge in [0.25, 0.3) is 5.91 Å². The molecule has 1 fully saturated rings. The highest BCUT2D eigenvalue weighted by Gasteiger charge is 2.33. The molecule has 120 valence electrons. The van der Waals surface area contributed by atoms with E-state index in [0.717, 1.165) is 3.57 Å². The second-order valence-corrected chi connectivity index (χ2v) is 6.06. The van der Waals surface area contributed by atoms with Gasteiger partial charge in [-0.25, -0.2) is 0 Å². The van der Waals surface area contributed by atoms with Gasteiger partial charge in [-0.15, -0.1) is 0 Å². The fourth-order valence-electron chi connectivity index (χ4n) is 2.54. The summed E-state index contributed by atoms with van der Waals surface area (Å²) in [5, 5.41) is 2.80. The van der Waals surface area contributed by atoms with E-state index in [9.17, 15) is 9.59 Å². The molecule has 22 heavy (non-hydrogen) atoms. The van der Waals surface area contributed by atoms with Gasteiger partial charge < -0.3 is 19.7 Å². The van der Waals surface area contributed by atoms with Gasteiger partial charge in [0, 0.05) is 16.7 Å². The molecule has 0 spiro atoms. The van der Waals surface area contributed by atoms with Crippen molar-refractivity contribution >= 4 is 34.4 Å². The first kappa shape index (κ1) is 16.9. The van der Waals surface area contributed by atoms with Crippen LogP contribution in [0.1, 0.15) is 23.7 Å². The molecule has 1 unspecified atom stereocenters. The van der Waals surface area contributed by atoms with Crippen molar-refractivity contribution in [2.24, 2.45) is 0 Å². The van der Waals surface area contributed by atoms with Gasteiger partial charge in [-0.2, -0.15) is 0 Å². The topological polar surface area (TPSA) is 67.9 Å². The van der Waals surface area contributed by atoms with E-state index in [4.69, 9.17) is 9.47 Å². The molecular formula is C15H19IN2O4. The zero-order valence-corrected chi connectivity index (χ0v) is 15.0. The van der Waals surface area contributed by atoms with Crippen LogP contribution in [0.25, 0.3) is 0 Å². The number of methoxy groups -OCH3 is 2. The lowest BCUT2D eigenvalue weighted by Crippen LogP contribution is -2.57. The summed E-state index contributed by atoms with van der Waals surface area (Å²) in [5.41, 5.74) is 0.520. The number of halogens is 1. The number of ether oxygens (including phenoxy) is 2. The smallest absolute Gasteiger partial charge is 0.255 e. The molecule has 1 atom stereocenters. The summed E-state index contributed by atoms with van der Waals surface area (Å²) in [5.74, 6) is 0.817. The largest absolute Gasteiger partial charge is 0.493 e. The van der Waals surface area contributed by atoms with E-state index in [1.165, 1.54) is 7.11 Å². The third kappa shape index (κ3) is 3.13. The van der Waals surface area contributed by atoms with Crippen molar-refractivity contribution in [2.45, 2.75) is 19.4 Å². The van der Waals surface area contributed by atoms with E-state index in [0.29, 0.717) is 36.6 Å². The van der Waals surface area contributed by atoms with Gasteiger partial charge in [-0.05, 0) is 41.1 Å². The lowest BCUT2D eigenvalue weighted by molar-refractivity contribution is -0.127. The van der Waals surface area contributed by atoms with Crippen molar-refractivity contribution in [1.29, 1.82) is 0 Å². The maximum absolute atomic E-state index is 12.8. The lowest BCUT2D eigenvalue weighted by Gasteiger charge is -2.34. The van der Waals surface area contributed by atoms with Crippen LogP contribution in [0.15, 0.2) is 12.1 Å². The van der Waals surface area contributed by atoms with Crippen LogP contribution >= 0.6 is 22.6 Å². The van der Waals surface area contributed by atoms with Crippen LogP contribution in [0, 0.1) is 3.57 Å². The number of piperazine rings is 1. The van der Waals surface area contributed by atoms with Crippen molar-refractivity contribution in [2.75, 3.05) is 27.3 Å². The Morgan fingerprint density at radius 3 is 2.59 bits per heavy atom. The average Bonchev–Trinajstić information content (AvgIpc) is 2.53. The molecule has 0 radical (unpaired) electrons. The fraction of sp³-hybridized carbons (Fsp3) is 0.467. The zero-order valence-electron chi connectivity index (χ0n) is 12.8. The van der Waals surface area contributed by atoms with Crippen LogP contribution in [0.4, 0.5) is 0 Å². The van der Waals surface area contributed by atoms with E-state index >= 15 is 0 Å². The molecule has 2 rings (SSSR count). The molecule has 1 aromatic rings. The summed E-state index contributed by atoms with van der Waals surface area (Å²) in [6.45, 7) is 2.88. The van der Waals surface area contributed by atoms with Gasteiger partial charge in [0.15, 0.2) is 11.5 Å². The minimum absolute atomic E-state index is 0.0995. The van der Waals surface area contributed by atoms with E-state index in [1.807, 2.05) is 6.92 Å². The first-order chi connectivity index (χ1) is 10.5. The molecule has 0 aliphatic carbocycles. The standard InChI is InChI=1S/C15H19IN2O4/c1-4-11-14(19)17-5-6-18(11)15(20)9-7-12(21-2)13(22-3)8-10(9)16/h7-8,11H,4-6H2,1-3H3,(H,17,19). The van der Waals surface area contributed by atoms with Crippen molar-refractivity contribution in [3.63, 3.8) is 0 Å². The molecule has 0 saturated carbocycles. The van der Waals surface area contributed by atoms with Gasteiger partial charge >= 0.3 is 0 Å². The SMILES string of the molecule is CCC1C(=O)NCCN1C(=O)c1cc(OC)c(OC)cc1I. The summed E-state index contributed by atoms with van der Waals surface area (Å²) >= 11 is 2.09. The number of amides is 2. The highest BCUT2D eigenvalue weighted by atomic mass is 127. The molecule has 0 aromatic heterocycles. The Morgan fingerprint density at radius 1 is 1.36 bits per heavy atom. The number of hydrogen-bond donors (Lipinski definition) is 1. The molecule has 1 aliphatic heterocycles. The Hall–Kier alpha value is -1.51. The molecule has 2 amide bonds. The normalized spacial score (nSPS) is 17.9. The molecule has 6 nitrogen and oxygen atoms in total. The zero-order chi connectivity index (χ0) is 16.3. The van der Waals surface area contributed by atoms with Crippen LogP contribution in [0.3, 0.4) is 0 Å². The Labute approximate surface area is 143 Å². The molecule has 1 N–H and O–H groups in total. The van der Waals surface area contributed by atoms with Gasteiger partial charge in [-0.3, -0.25) is 9.59 Å². The van der Waals surface area contributed by atoms with Gasteiger partial charge in [0.05, 0.1) is 19.8 Å². The molecule has 7 heteroatoms. The van der Waals surface area contributed by atoms with E-state index in [1.54, 1.807) is 24.1 Å². The number of nitrogens with zero attached hydrogens (tertiary/aromatic N) is 1. The maximum Gasteiger partial charge on any atom is 0.255 e. The van der Waals surface area contributed by atoms with Gasteiger partial charge in [-0.1, -0.05) is 6.92 Å². The Kier molecular flexibility index (Phi) is 5.49. The van der Waals surface area contributed by atoms with Crippen LogP contribution < -0.4 is 14.8 Å². The quantitative estimate of drug-likeness (QED) is 0.756. The van der Waals surface area contributed by atoms with Crippen molar-refractivity contribution in [3.8, 4) is 11.5 Å². The summed E-state index contributed by atoms with van der Waals surface area (Å²) in [7, 11) is 3.08. The third-order valence-corrected chi connectivity index (χ3v) is 4.57. The number of carbonyl (C=O) groups excluding carboxylic acids is 2. The summed E-state index contributed by atoms with van der Waals surface area (Å²) < 4.78 is 11.3. The number of carbonyl (C=O) groups is 2. The van der Waals surface area contributed by atoms with Crippen molar-refractivity contribution in [3.05, 3.63) is 21.3 Å².